The first kappa shape index (κ1) is 19.7. The van der Waals surface area contributed by atoms with Gasteiger partial charge in [-0.2, -0.15) is 10.2 Å². The van der Waals surface area contributed by atoms with Gasteiger partial charge < -0.3 is 10.1 Å². The van der Waals surface area contributed by atoms with Gasteiger partial charge in [-0.3, -0.25) is 14.6 Å². The van der Waals surface area contributed by atoms with Gasteiger partial charge in [-0.25, -0.2) is 8.78 Å². The Labute approximate surface area is 180 Å². The van der Waals surface area contributed by atoms with Crippen molar-refractivity contribution in [2.24, 2.45) is 7.05 Å². The van der Waals surface area contributed by atoms with Crippen LogP contribution in [0.15, 0.2) is 54.7 Å². The summed E-state index contributed by atoms with van der Waals surface area (Å²) in [6.45, 7) is 0. The van der Waals surface area contributed by atoms with Crippen LogP contribution in [0.5, 0.6) is 5.75 Å². The summed E-state index contributed by atoms with van der Waals surface area (Å²) in [7, 11) is 3.15. The molecular weight excluding hydrogens is 416 g/mol. The number of hydrogen-bond donors (Lipinski definition) is 2. The number of H-pyrrole nitrogens is 1. The van der Waals surface area contributed by atoms with E-state index in [-0.39, 0.29) is 10.9 Å². The monoisotopic (exact) mass is 433 g/mol. The van der Waals surface area contributed by atoms with Crippen LogP contribution in [0.3, 0.4) is 0 Å². The molecule has 3 aromatic carbocycles. The molecule has 5 aromatic rings. The number of aryl methyl sites for hydroxylation is 1. The fraction of sp³-hybridized carbons (Fsp3) is 0.0870. The number of aromatic nitrogens is 4. The number of nitrogens with one attached hydrogen (secondary N) is 2. The topological polar surface area (TPSA) is 84.8 Å². The van der Waals surface area contributed by atoms with Gasteiger partial charge in [-0.05, 0) is 30.3 Å². The number of halogens is 2. The number of carbonyl (C=O) groups excluding carboxylic acids is 1. The predicted molar refractivity (Wildman–Crippen MR) is 117 cm³/mol. The van der Waals surface area contributed by atoms with E-state index in [4.69, 9.17) is 4.74 Å². The number of amides is 1. The second-order valence-electron chi connectivity index (χ2n) is 7.27. The Hall–Kier alpha value is -4.27. The minimum absolute atomic E-state index is 0.0737. The molecule has 2 aromatic heterocycles. The Morgan fingerprint density at radius 1 is 1.12 bits per heavy atom. The van der Waals surface area contributed by atoms with Gasteiger partial charge in [0.1, 0.15) is 28.6 Å². The molecule has 0 radical (unpaired) electrons. The molecule has 1 amide bonds. The summed E-state index contributed by atoms with van der Waals surface area (Å²) in [5.74, 6) is -2.12. The molecule has 5 rings (SSSR count). The Kier molecular flexibility index (Phi) is 4.58. The number of aromatic amines is 1. The maximum atomic E-state index is 14.9. The summed E-state index contributed by atoms with van der Waals surface area (Å²) in [4.78, 5) is 12.8. The normalized spacial score (nSPS) is 11.2. The summed E-state index contributed by atoms with van der Waals surface area (Å²) in [5.41, 5.74) is 2.19. The molecule has 0 aliphatic heterocycles. The van der Waals surface area contributed by atoms with E-state index < -0.39 is 23.1 Å². The molecule has 0 atom stereocenters. The summed E-state index contributed by atoms with van der Waals surface area (Å²) < 4.78 is 36.1. The van der Waals surface area contributed by atoms with Gasteiger partial charge in [0.25, 0.3) is 5.91 Å². The quantitative estimate of drug-likeness (QED) is 0.432. The molecule has 2 N–H and O–H groups in total. The molecule has 0 bridgehead atoms. The van der Waals surface area contributed by atoms with Gasteiger partial charge in [0.15, 0.2) is 0 Å². The summed E-state index contributed by atoms with van der Waals surface area (Å²) >= 11 is 0. The van der Waals surface area contributed by atoms with Crippen LogP contribution in [0, 0.1) is 11.6 Å². The van der Waals surface area contributed by atoms with Gasteiger partial charge in [0.05, 0.1) is 29.7 Å². The Morgan fingerprint density at radius 2 is 1.97 bits per heavy atom. The van der Waals surface area contributed by atoms with Crippen LogP contribution in [0.2, 0.25) is 0 Å². The zero-order valence-electron chi connectivity index (χ0n) is 17.1. The number of rotatable bonds is 4. The number of methoxy groups -OCH3 is 1. The third-order valence-corrected chi connectivity index (χ3v) is 5.33. The molecule has 2 heterocycles. The highest BCUT2D eigenvalue weighted by molar-refractivity contribution is 6.08. The average molecular weight is 433 g/mol. The van der Waals surface area contributed by atoms with Gasteiger partial charge in [0, 0.05) is 29.8 Å². The molecule has 32 heavy (non-hydrogen) atoms. The molecule has 0 aliphatic carbocycles. The molecule has 0 aliphatic rings. The molecule has 0 fully saturated rings. The minimum atomic E-state index is -0.961. The number of fused-ring (bicyclic) bond motifs is 2. The maximum absolute atomic E-state index is 14.9. The highest BCUT2D eigenvalue weighted by Crippen LogP contribution is 2.31. The van der Waals surface area contributed by atoms with E-state index in [9.17, 15) is 13.6 Å². The minimum Gasteiger partial charge on any atom is -0.497 e. The lowest BCUT2D eigenvalue weighted by Gasteiger charge is -2.09. The van der Waals surface area contributed by atoms with E-state index in [2.05, 4.69) is 20.6 Å². The maximum Gasteiger partial charge on any atom is 0.261 e. The van der Waals surface area contributed by atoms with Crippen LogP contribution in [-0.2, 0) is 7.05 Å². The Balaban J connectivity index is 1.52. The lowest BCUT2D eigenvalue weighted by Crippen LogP contribution is -2.16. The molecule has 9 heteroatoms. The van der Waals surface area contributed by atoms with Crippen molar-refractivity contribution in [2.75, 3.05) is 12.4 Å². The first-order chi connectivity index (χ1) is 15.5. The lowest BCUT2D eigenvalue weighted by atomic mass is 10.1. The third kappa shape index (κ3) is 3.15. The Bertz CT molecular complexity index is 1510. The smallest absolute Gasteiger partial charge is 0.261 e. The molecule has 7 nitrogen and oxygen atoms in total. The van der Waals surface area contributed by atoms with Crippen molar-refractivity contribution in [1.82, 2.24) is 20.0 Å². The van der Waals surface area contributed by atoms with E-state index in [0.29, 0.717) is 17.1 Å². The standard InChI is InChI=1S/C23H17F2N5O2/c1-30-19-10-17(24)20(21(25)16(19)11-26-30)23(31)27-13-6-7-18-15(9-13)22(29-28-18)12-4-3-5-14(8-12)32-2/h3-11H,1-2H3,(H,27,31)(H,28,29). The van der Waals surface area contributed by atoms with Gasteiger partial charge in [0.2, 0.25) is 0 Å². The zero-order valence-corrected chi connectivity index (χ0v) is 17.1. The second-order valence-corrected chi connectivity index (χ2v) is 7.27. The predicted octanol–water partition coefficient (Wildman–Crippen LogP) is 4.66. The van der Waals surface area contributed by atoms with E-state index in [1.807, 2.05) is 24.3 Å². The van der Waals surface area contributed by atoms with E-state index >= 15 is 0 Å². The van der Waals surface area contributed by atoms with Crippen molar-refractivity contribution in [2.45, 2.75) is 0 Å². The molecule has 0 saturated carbocycles. The number of carbonyl (C=O) groups is 1. The fourth-order valence-corrected chi connectivity index (χ4v) is 3.70. The van der Waals surface area contributed by atoms with Crippen LogP contribution in [0.1, 0.15) is 10.4 Å². The SMILES string of the molecule is COc1cccc(-c2n[nH]c3ccc(NC(=O)c4c(F)cc5c(cnn5C)c4F)cc23)c1. The van der Waals surface area contributed by atoms with Gasteiger partial charge >= 0.3 is 0 Å². The van der Waals surface area contributed by atoms with Crippen molar-refractivity contribution < 1.29 is 18.3 Å². The highest BCUT2D eigenvalue weighted by Gasteiger charge is 2.22. The van der Waals surface area contributed by atoms with Crippen molar-refractivity contribution in [3.05, 3.63) is 71.9 Å². The number of hydrogen-bond acceptors (Lipinski definition) is 4. The number of ether oxygens (including phenoxy) is 1. The summed E-state index contributed by atoms with van der Waals surface area (Å²) in [6.07, 6.45) is 1.26. The van der Waals surface area contributed by atoms with Crippen molar-refractivity contribution in [1.29, 1.82) is 0 Å². The molecule has 0 unspecified atom stereocenters. The van der Waals surface area contributed by atoms with Gasteiger partial charge in [-0.1, -0.05) is 12.1 Å². The number of nitrogens with zero attached hydrogens (tertiary/aromatic N) is 3. The van der Waals surface area contributed by atoms with Crippen LogP contribution < -0.4 is 10.1 Å². The van der Waals surface area contributed by atoms with Crippen LogP contribution >= 0.6 is 0 Å². The molecular formula is C23H17F2N5O2. The average Bonchev–Trinajstić information content (AvgIpc) is 3.37. The van der Waals surface area contributed by atoms with Crippen LogP contribution in [0.25, 0.3) is 33.1 Å². The zero-order chi connectivity index (χ0) is 22.4. The fourth-order valence-electron chi connectivity index (χ4n) is 3.70. The van der Waals surface area contributed by atoms with Crippen molar-refractivity contribution >= 4 is 33.4 Å². The van der Waals surface area contributed by atoms with Gasteiger partial charge in [-0.15, -0.1) is 0 Å². The number of anilines is 1. The molecule has 160 valence electrons. The lowest BCUT2D eigenvalue weighted by molar-refractivity contribution is 0.101. The highest BCUT2D eigenvalue weighted by atomic mass is 19.1. The number of benzene rings is 3. The first-order valence-electron chi connectivity index (χ1n) is 9.70. The first-order valence-corrected chi connectivity index (χ1v) is 9.70. The third-order valence-electron chi connectivity index (χ3n) is 5.33. The summed E-state index contributed by atoms with van der Waals surface area (Å²) in [5, 5.41) is 14.6. The van der Waals surface area contributed by atoms with E-state index in [1.165, 1.54) is 10.9 Å². The second kappa shape index (κ2) is 7.45. The van der Waals surface area contributed by atoms with Crippen molar-refractivity contribution in [3.63, 3.8) is 0 Å². The largest absolute Gasteiger partial charge is 0.497 e. The van der Waals surface area contributed by atoms with E-state index in [0.717, 1.165) is 22.5 Å². The van der Waals surface area contributed by atoms with Crippen LogP contribution in [-0.4, -0.2) is 33.0 Å². The Morgan fingerprint density at radius 3 is 2.78 bits per heavy atom. The van der Waals surface area contributed by atoms with Crippen molar-refractivity contribution in [3.8, 4) is 17.0 Å². The van der Waals surface area contributed by atoms with E-state index in [1.54, 1.807) is 32.4 Å². The van der Waals surface area contributed by atoms with Crippen LogP contribution in [0.4, 0.5) is 14.5 Å². The summed E-state index contributed by atoms with van der Waals surface area (Å²) in [6, 6.07) is 13.6. The molecule has 0 spiro atoms. The molecule has 0 saturated heterocycles.